The van der Waals surface area contributed by atoms with Crippen LogP contribution in [-0.4, -0.2) is 30.9 Å². The third-order valence-corrected chi connectivity index (χ3v) is 3.39. The molecular weight excluding hydrogens is 353 g/mol. The summed E-state index contributed by atoms with van der Waals surface area (Å²) in [6, 6.07) is 0. The molecule has 0 amide bonds. The van der Waals surface area contributed by atoms with Gasteiger partial charge in [0.1, 0.15) is 5.82 Å². The van der Waals surface area contributed by atoms with E-state index in [0.717, 1.165) is 6.92 Å². The molecule has 132 valence electrons. The number of ether oxygens (including phenoxy) is 2. The number of hydrogen-bond acceptors (Lipinski definition) is 5. The third-order valence-electron chi connectivity index (χ3n) is 3.04. The molecule has 0 saturated heterocycles. The van der Waals surface area contributed by atoms with E-state index in [1.807, 2.05) is 0 Å². The number of carbonyl (C=O) groups excluding carboxylic acids is 3. The minimum atomic E-state index is -2.19. The molecule has 0 radical (unpaired) electrons. The van der Waals surface area contributed by atoms with E-state index in [1.54, 1.807) is 0 Å². The van der Waals surface area contributed by atoms with Crippen molar-refractivity contribution in [2.75, 3.05) is 13.2 Å². The second-order valence-electron chi connectivity index (χ2n) is 4.56. The molecule has 0 aliphatic carbocycles. The molecule has 0 bridgehead atoms. The van der Waals surface area contributed by atoms with Crippen LogP contribution < -0.4 is 0 Å². The van der Waals surface area contributed by atoms with Crippen molar-refractivity contribution < 1.29 is 37.0 Å². The SMILES string of the molecule is CCOC(=O)C(C(=O)OCC)C(=O)c1c(F)c(C)c(F)c(F)c1Cl. The summed E-state index contributed by atoms with van der Waals surface area (Å²) in [5.74, 6) is -11.0. The minimum absolute atomic E-state index is 0.172. The van der Waals surface area contributed by atoms with E-state index in [-0.39, 0.29) is 13.2 Å². The molecule has 1 aromatic rings. The Labute approximate surface area is 140 Å². The third kappa shape index (κ3) is 3.69. The molecule has 0 unspecified atom stereocenters. The van der Waals surface area contributed by atoms with Gasteiger partial charge in [-0.05, 0) is 20.8 Å². The average molecular weight is 367 g/mol. The monoisotopic (exact) mass is 366 g/mol. The van der Waals surface area contributed by atoms with Crippen LogP contribution in [0.5, 0.6) is 0 Å². The zero-order valence-corrected chi connectivity index (χ0v) is 13.8. The van der Waals surface area contributed by atoms with Gasteiger partial charge >= 0.3 is 11.9 Å². The number of rotatable bonds is 6. The molecule has 1 aromatic carbocycles. The molecule has 0 saturated carbocycles. The van der Waals surface area contributed by atoms with Crippen LogP contribution in [0, 0.1) is 30.3 Å². The zero-order chi connectivity index (χ0) is 18.6. The molecule has 0 aromatic heterocycles. The van der Waals surface area contributed by atoms with Crippen molar-refractivity contribution >= 4 is 29.3 Å². The molecule has 5 nitrogen and oxygen atoms in total. The summed E-state index contributed by atoms with van der Waals surface area (Å²) in [5.41, 5.74) is -1.93. The molecule has 0 spiro atoms. The fraction of sp³-hybridized carbons (Fsp3) is 0.400. The number of Topliss-reactive ketones (excluding diaryl/α,β-unsaturated/α-hetero) is 1. The summed E-state index contributed by atoms with van der Waals surface area (Å²) in [5, 5.41) is -1.17. The predicted molar refractivity (Wildman–Crippen MR) is 77.1 cm³/mol. The van der Waals surface area contributed by atoms with Crippen LogP contribution in [0.2, 0.25) is 5.02 Å². The van der Waals surface area contributed by atoms with Gasteiger partial charge in [0.05, 0.1) is 23.8 Å². The summed E-state index contributed by atoms with van der Waals surface area (Å²) in [7, 11) is 0. The summed E-state index contributed by atoms with van der Waals surface area (Å²) < 4.78 is 50.5. The van der Waals surface area contributed by atoms with Gasteiger partial charge in [0.25, 0.3) is 0 Å². The number of halogens is 4. The molecule has 0 heterocycles. The number of benzene rings is 1. The highest BCUT2D eigenvalue weighted by atomic mass is 35.5. The first-order valence-electron chi connectivity index (χ1n) is 6.88. The molecule has 0 atom stereocenters. The van der Waals surface area contributed by atoms with Crippen molar-refractivity contribution in [2.24, 2.45) is 5.92 Å². The lowest BCUT2D eigenvalue weighted by Gasteiger charge is -2.16. The first-order chi connectivity index (χ1) is 11.2. The second-order valence-corrected chi connectivity index (χ2v) is 4.94. The van der Waals surface area contributed by atoms with Crippen LogP contribution in [-0.2, 0) is 19.1 Å². The van der Waals surface area contributed by atoms with E-state index in [0.29, 0.717) is 0 Å². The molecule has 0 N–H and O–H groups in total. The maximum absolute atomic E-state index is 14.2. The van der Waals surface area contributed by atoms with E-state index >= 15 is 0 Å². The van der Waals surface area contributed by atoms with Crippen molar-refractivity contribution in [1.29, 1.82) is 0 Å². The normalized spacial score (nSPS) is 10.7. The summed E-state index contributed by atoms with van der Waals surface area (Å²) >= 11 is 5.50. The Hall–Kier alpha value is -2.09. The smallest absolute Gasteiger partial charge is 0.328 e. The predicted octanol–water partition coefficient (Wildman–Crippen LogP) is 2.99. The fourth-order valence-corrected chi connectivity index (χ4v) is 2.13. The van der Waals surface area contributed by atoms with Crippen molar-refractivity contribution in [3.8, 4) is 0 Å². The van der Waals surface area contributed by atoms with Crippen LogP contribution in [0.15, 0.2) is 0 Å². The Kier molecular flexibility index (Phi) is 6.77. The van der Waals surface area contributed by atoms with Crippen molar-refractivity contribution in [3.05, 3.63) is 33.6 Å². The molecule has 24 heavy (non-hydrogen) atoms. The number of esters is 2. The maximum Gasteiger partial charge on any atom is 0.328 e. The largest absolute Gasteiger partial charge is 0.465 e. The molecule has 9 heteroatoms. The molecule has 0 aliphatic rings. The molecule has 1 rings (SSSR count). The van der Waals surface area contributed by atoms with Crippen LogP contribution in [0.25, 0.3) is 0 Å². The van der Waals surface area contributed by atoms with Crippen molar-refractivity contribution in [1.82, 2.24) is 0 Å². The Balaban J connectivity index is 3.49. The fourth-order valence-electron chi connectivity index (χ4n) is 1.87. The Morgan fingerprint density at radius 3 is 1.83 bits per heavy atom. The van der Waals surface area contributed by atoms with Gasteiger partial charge < -0.3 is 9.47 Å². The van der Waals surface area contributed by atoms with Crippen LogP contribution >= 0.6 is 11.6 Å². The summed E-state index contributed by atoms with van der Waals surface area (Å²) in [6.45, 7) is 3.37. The first-order valence-corrected chi connectivity index (χ1v) is 7.26. The topological polar surface area (TPSA) is 69.7 Å². The number of ketones is 1. The van der Waals surface area contributed by atoms with Gasteiger partial charge in [-0.1, -0.05) is 11.6 Å². The quantitative estimate of drug-likeness (QED) is 0.254. The first kappa shape index (κ1) is 20.0. The van der Waals surface area contributed by atoms with E-state index < -0.39 is 57.2 Å². The van der Waals surface area contributed by atoms with Crippen molar-refractivity contribution in [3.63, 3.8) is 0 Å². The molecular formula is C15H14ClF3O5. The highest BCUT2D eigenvalue weighted by molar-refractivity contribution is 6.36. The standard InChI is InChI=1S/C15H14ClF3O5/c1-4-23-14(21)8(15(22)24-5-2)13(20)7-9(16)12(19)11(18)6(3)10(7)17/h8H,4-5H2,1-3H3. The van der Waals surface area contributed by atoms with Crippen molar-refractivity contribution in [2.45, 2.75) is 20.8 Å². The van der Waals surface area contributed by atoms with Crippen LogP contribution in [0.4, 0.5) is 13.2 Å². The Bertz CT molecular complexity index is 643. The van der Waals surface area contributed by atoms with Crippen LogP contribution in [0.3, 0.4) is 0 Å². The molecule has 0 aliphatic heterocycles. The van der Waals surface area contributed by atoms with E-state index in [1.165, 1.54) is 13.8 Å². The van der Waals surface area contributed by atoms with E-state index in [9.17, 15) is 27.6 Å². The van der Waals surface area contributed by atoms with E-state index in [4.69, 9.17) is 11.6 Å². The van der Waals surface area contributed by atoms with E-state index in [2.05, 4.69) is 9.47 Å². The lowest BCUT2D eigenvalue weighted by atomic mass is 9.95. The summed E-state index contributed by atoms with van der Waals surface area (Å²) in [4.78, 5) is 36.1. The van der Waals surface area contributed by atoms with Gasteiger partial charge in [0, 0.05) is 5.56 Å². The molecule has 0 fully saturated rings. The highest BCUT2D eigenvalue weighted by Crippen LogP contribution is 2.31. The Morgan fingerprint density at radius 1 is 0.958 bits per heavy atom. The lowest BCUT2D eigenvalue weighted by molar-refractivity contribution is -0.158. The van der Waals surface area contributed by atoms with Gasteiger partial charge in [0.15, 0.2) is 17.4 Å². The second kappa shape index (κ2) is 8.14. The average Bonchev–Trinajstić information content (AvgIpc) is 2.52. The van der Waals surface area contributed by atoms with Gasteiger partial charge in [-0.15, -0.1) is 0 Å². The highest BCUT2D eigenvalue weighted by Gasteiger charge is 2.41. The zero-order valence-electron chi connectivity index (χ0n) is 13.0. The number of carbonyl (C=O) groups is 3. The Morgan fingerprint density at radius 2 is 1.42 bits per heavy atom. The van der Waals surface area contributed by atoms with Gasteiger partial charge in [-0.2, -0.15) is 0 Å². The lowest BCUT2D eigenvalue weighted by Crippen LogP contribution is -2.36. The summed E-state index contributed by atoms with van der Waals surface area (Å²) in [6.07, 6.45) is 0. The maximum atomic E-state index is 14.2. The van der Waals surface area contributed by atoms with Gasteiger partial charge in [-0.3, -0.25) is 14.4 Å². The number of hydrogen-bond donors (Lipinski definition) is 0. The minimum Gasteiger partial charge on any atom is -0.465 e. The van der Waals surface area contributed by atoms with Gasteiger partial charge in [-0.25, -0.2) is 13.2 Å². The van der Waals surface area contributed by atoms with Crippen LogP contribution in [0.1, 0.15) is 29.8 Å². The van der Waals surface area contributed by atoms with Gasteiger partial charge in [0.2, 0.25) is 5.92 Å².